The molecule has 7 heteroatoms. The second kappa shape index (κ2) is 6.24. The van der Waals surface area contributed by atoms with Gasteiger partial charge in [-0.25, -0.2) is 9.78 Å². The fourth-order valence-electron chi connectivity index (χ4n) is 3.48. The molecule has 1 aliphatic heterocycles. The molecule has 0 atom stereocenters. The molecule has 6 nitrogen and oxygen atoms in total. The highest BCUT2D eigenvalue weighted by molar-refractivity contribution is 7.14. The average Bonchev–Trinajstić information content (AvgIpc) is 3.05. The van der Waals surface area contributed by atoms with E-state index in [1.54, 1.807) is 4.90 Å². The SMILES string of the molecule is Cc1csc(N2CCN(C3CCC(CC(N)=O)CC3)C2=O)n1. The molecule has 2 N–H and O–H groups in total. The number of amides is 3. The number of aromatic nitrogens is 1. The van der Waals surface area contributed by atoms with Gasteiger partial charge in [0.25, 0.3) is 0 Å². The first-order valence-corrected chi connectivity index (χ1v) is 8.71. The summed E-state index contributed by atoms with van der Waals surface area (Å²) in [6, 6.07) is 0.371. The fourth-order valence-corrected chi connectivity index (χ4v) is 4.30. The molecule has 0 unspecified atom stereocenters. The van der Waals surface area contributed by atoms with E-state index in [2.05, 4.69) is 4.98 Å². The summed E-state index contributed by atoms with van der Waals surface area (Å²) in [5.74, 6) is 0.176. The largest absolute Gasteiger partial charge is 0.370 e. The van der Waals surface area contributed by atoms with Gasteiger partial charge in [-0.15, -0.1) is 11.3 Å². The molecule has 120 valence electrons. The molecule has 0 radical (unpaired) electrons. The van der Waals surface area contributed by atoms with Crippen molar-refractivity contribution in [3.63, 3.8) is 0 Å². The van der Waals surface area contributed by atoms with Crippen LogP contribution in [-0.4, -0.2) is 41.0 Å². The van der Waals surface area contributed by atoms with Crippen LogP contribution in [0.15, 0.2) is 5.38 Å². The number of hydrogen-bond acceptors (Lipinski definition) is 4. The lowest BCUT2D eigenvalue weighted by molar-refractivity contribution is -0.119. The van der Waals surface area contributed by atoms with Crippen molar-refractivity contribution in [2.24, 2.45) is 11.7 Å². The van der Waals surface area contributed by atoms with Gasteiger partial charge in [-0.3, -0.25) is 9.69 Å². The van der Waals surface area contributed by atoms with Crippen LogP contribution >= 0.6 is 11.3 Å². The van der Waals surface area contributed by atoms with Crippen LogP contribution in [0.5, 0.6) is 0 Å². The molecule has 1 aromatic heterocycles. The second-order valence-electron chi connectivity index (χ2n) is 6.24. The van der Waals surface area contributed by atoms with E-state index in [1.807, 2.05) is 17.2 Å². The van der Waals surface area contributed by atoms with Crippen LogP contribution in [0.1, 0.15) is 37.8 Å². The standard InChI is InChI=1S/C15H22N4O2S/c1-10-9-22-14(17-10)19-7-6-18(15(19)21)12-4-2-11(3-5-12)8-13(16)20/h9,11-12H,2-8H2,1H3,(H2,16,20). The predicted octanol–water partition coefficient (Wildman–Crippen LogP) is 2.13. The molecule has 2 heterocycles. The van der Waals surface area contributed by atoms with Crippen LogP contribution in [0, 0.1) is 12.8 Å². The number of primary amides is 1. The Morgan fingerprint density at radius 3 is 2.68 bits per heavy atom. The summed E-state index contributed by atoms with van der Waals surface area (Å²) in [4.78, 5) is 31.8. The Morgan fingerprint density at radius 2 is 2.09 bits per heavy atom. The monoisotopic (exact) mass is 322 g/mol. The molecule has 1 aliphatic carbocycles. The van der Waals surface area contributed by atoms with Crippen molar-refractivity contribution >= 4 is 28.4 Å². The Balaban J connectivity index is 1.58. The zero-order valence-electron chi connectivity index (χ0n) is 12.8. The van der Waals surface area contributed by atoms with E-state index in [0.717, 1.165) is 43.1 Å². The van der Waals surface area contributed by atoms with Crippen molar-refractivity contribution in [1.29, 1.82) is 0 Å². The van der Waals surface area contributed by atoms with Crippen LogP contribution in [0.4, 0.5) is 9.93 Å². The maximum atomic E-state index is 12.6. The van der Waals surface area contributed by atoms with E-state index in [1.165, 1.54) is 11.3 Å². The number of rotatable bonds is 4. The van der Waals surface area contributed by atoms with Gasteiger partial charge >= 0.3 is 6.03 Å². The first-order valence-electron chi connectivity index (χ1n) is 7.83. The quantitative estimate of drug-likeness (QED) is 0.922. The molecular formula is C15H22N4O2S. The van der Waals surface area contributed by atoms with Crippen LogP contribution in [0.25, 0.3) is 0 Å². The van der Waals surface area contributed by atoms with Crippen LogP contribution in [-0.2, 0) is 4.79 Å². The van der Waals surface area contributed by atoms with E-state index >= 15 is 0 Å². The summed E-state index contributed by atoms with van der Waals surface area (Å²) < 4.78 is 0. The lowest BCUT2D eigenvalue weighted by Gasteiger charge is -2.33. The van der Waals surface area contributed by atoms with Crippen molar-refractivity contribution in [2.45, 2.75) is 45.1 Å². The minimum atomic E-state index is -0.217. The average molecular weight is 322 g/mol. The second-order valence-corrected chi connectivity index (χ2v) is 7.08. The van der Waals surface area contributed by atoms with Crippen LogP contribution < -0.4 is 10.6 Å². The molecular weight excluding hydrogens is 300 g/mol. The third-order valence-electron chi connectivity index (χ3n) is 4.63. The van der Waals surface area contributed by atoms with E-state index in [4.69, 9.17) is 5.73 Å². The normalized spacial score (nSPS) is 25.8. The van der Waals surface area contributed by atoms with Gasteiger partial charge in [-0.1, -0.05) is 0 Å². The van der Waals surface area contributed by atoms with Crippen molar-refractivity contribution in [3.8, 4) is 0 Å². The summed E-state index contributed by atoms with van der Waals surface area (Å²) in [5, 5.41) is 2.77. The van der Waals surface area contributed by atoms with E-state index in [-0.39, 0.29) is 11.9 Å². The Bertz CT molecular complexity index is 566. The molecule has 1 saturated carbocycles. The van der Waals surface area contributed by atoms with Gasteiger partial charge in [0.1, 0.15) is 0 Å². The Kier molecular flexibility index (Phi) is 4.33. The lowest BCUT2D eigenvalue weighted by atomic mass is 9.83. The number of nitrogens with zero attached hydrogens (tertiary/aromatic N) is 3. The third-order valence-corrected chi connectivity index (χ3v) is 5.61. The van der Waals surface area contributed by atoms with Gasteiger partial charge in [0, 0.05) is 30.9 Å². The first-order chi connectivity index (χ1) is 10.5. The number of carbonyl (C=O) groups is 2. The molecule has 0 bridgehead atoms. The zero-order chi connectivity index (χ0) is 15.7. The minimum absolute atomic E-state index is 0.0766. The van der Waals surface area contributed by atoms with Crippen molar-refractivity contribution < 1.29 is 9.59 Å². The van der Waals surface area contributed by atoms with E-state index in [9.17, 15) is 9.59 Å². The van der Waals surface area contributed by atoms with Crippen LogP contribution in [0.2, 0.25) is 0 Å². The van der Waals surface area contributed by atoms with Gasteiger partial charge in [0.2, 0.25) is 5.91 Å². The molecule has 2 fully saturated rings. The molecule has 0 aromatic carbocycles. The first kappa shape index (κ1) is 15.3. The maximum Gasteiger partial charge on any atom is 0.326 e. The smallest absolute Gasteiger partial charge is 0.326 e. The highest BCUT2D eigenvalue weighted by atomic mass is 32.1. The summed E-state index contributed by atoms with van der Waals surface area (Å²) in [6.07, 6.45) is 4.37. The number of urea groups is 1. The van der Waals surface area contributed by atoms with Gasteiger partial charge in [-0.05, 0) is 38.5 Å². The Labute approximate surface area is 134 Å². The molecule has 3 amide bonds. The lowest BCUT2D eigenvalue weighted by Crippen LogP contribution is -2.41. The molecule has 22 heavy (non-hydrogen) atoms. The molecule has 2 aliphatic rings. The highest BCUT2D eigenvalue weighted by Gasteiger charge is 2.37. The number of nitrogens with two attached hydrogens (primary N) is 1. The van der Waals surface area contributed by atoms with E-state index < -0.39 is 0 Å². The maximum absolute atomic E-state index is 12.6. The number of carbonyl (C=O) groups excluding carboxylic acids is 2. The Morgan fingerprint density at radius 1 is 1.36 bits per heavy atom. The Hall–Kier alpha value is -1.63. The summed E-state index contributed by atoms with van der Waals surface area (Å²) >= 11 is 1.52. The number of thiazole rings is 1. The zero-order valence-corrected chi connectivity index (χ0v) is 13.6. The number of hydrogen-bond donors (Lipinski definition) is 1. The third kappa shape index (κ3) is 3.09. The van der Waals surface area contributed by atoms with Crippen LogP contribution in [0.3, 0.4) is 0 Å². The van der Waals surface area contributed by atoms with Crippen molar-refractivity contribution in [1.82, 2.24) is 9.88 Å². The summed E-state index contributed by atoms with van der Waals surface area (Å²) in [7, 11) is 0. The number of aryl methyl sites for hydroxylation is 1. The van der Waals surface area contributed by atoms with Crippen molar-refractivity contribution in [2.75, 3.05) is 18.0 Å². The molecule has 1 aromatic rings. The summed E-state index contributed by atoms with van der Waals surface area (Å²) in [6.45, 7) is 3.42. The molecule has 1 saturated heterocycles. The van der Waals surface area contributed by atoms with Crippen molar-refractivity contribution in [3.05, 3.63) is 11.1 Å². The van der Waals surface area contributed by atoms with Gasteiger partial charge in [-0.2, -0.15) is 0 Å². The van der Waals surface area contributed by atoms with Gasteiger partial charge < -0.3 is 10.6 Å². The highest BCUT2D eigenvalue weighted by Crippen LogP contribution is 2.32. The van der Waals surface area contributed by atoms with E-state index in [0.29, 0.717) is 24.9 Å². The fraction of sp³-hybridized carbons (Fsp3) is 0.667. The van der Waals surface area contributed by atoms with Gasteiger partial charge in [0.05, 0.1) is 5.69 Å². The van der Waals surface area contributed by atoms with Gasteiger partial charge in [0.15, 0.2) is 5.13 Å². The molecule has 0 spiro atoms. The predicted molar refractivity (Wildman–Crippen MR) is 85.9 cm³/mol. The summed E-state index contributed by atoms with van der Waals surface area (Å²) in [5.41, 5.74) is 6.23. The minimum Gasteiger partial charge on any atom is -0.370 e. The topological polar surface area (TPSA) is 79.5 Å². The number of anilines is 1. The molecule has 3 rings (SSSR count).